The number of rotatable bonds is 9. The third-order valence-electron chi connectivity index (χ3n) is 5.91. The van der Waals surface area contributed by atoms with Crippen LogP contribution in [0.2, 0.25) is 0 Å². The number of piperidine rings is 1. The Morgan fingerprint density at radius 3 is 2.88 bits per heavy atom. The summed E-state index contributed by atoms with van der Waals surface area (Å²) in [4.78, 5) is 37.1. The predicted molar refractivity (Wildman–Crippen MR) is 119 cm³/mol. The van der Waals surface area contributed by atoms with Crippen LogP contribution in [0.25, 0.3) is 0 Å². The Labute approximate surface area is 188 Å². The summed E-state index contributed by atoms with van der Waals surface area (Å²) in [7, 11) is 1.57. The number of nitrogens with one attached hydrogen (secondary N) is 3. The molecule has 10 nitrogen and oxygen atoms in total. The van der Waals surface area contributed by atoms with E-state index in [0.29, 0.717) is 18.7 Å². The predicted octanol–water partition coefficient (Wildman–Crippen LogP) is 1.26. The van der Waals surface area contributed by atoms with Crippen molar-refractivity contribution in [2.45, 2.75) is 38.3 Å². The number of ether oxygens (including phenoxy) is 1. The van der Waals surface area contributed by atoms with Gasteiger partial charge in [0.2, 0.25) is 6.41 Å². The summed E-state index contributed by atoms with van der Waals surface area (Å²) in [5, 5.41) is 4.19. The zero-order valence-electron chi connectivity index (χ0n) is 18.5. The molecule has 1 aromatic heterocycles. The number of anilines is 1. The molecule has 1 unspecified atom stereocenters. The van der Waals surface area contributed by atoms with Crippen LogP contribution in [0, 0.1) is 0 Å². The van der Waals surface area contributed by atoms with Gasteiger partial charge in [0.1, 0.15) is 24.3 Å². The number of carbonyl (C=O) groups is 2. The van der Waals surface area contributed by atoms with Crippen LogP contribution < -0.4 is 15.6 Å². The molecule has 3 aliphatic rings. The molecule has 0 aliphatic carbocycles. The number of dihydropyridines is 1. The maximum absolute atomic E-state index is 13.0. The topological polar surface area (TPSA) is 102 Å². The van der Waals surface area contributed by atoms with Crippen LogP contribution in [0.1, 0.15) is 41.7 Å². The normalized spacial score (nSPS) is 20.4. The van der Waals surface area contributed by atoms with E-state index in [0.717, 1.165) is 67.6 Å². The second kappa shape index (κ2) is 10.7. The number of likely N-dealkylation sites (tertiary alicyclic amines) is 1. The number of methoxy groups -OCH3 is 1. The largest absolute Gasteiger partial charge is 0.382 e. The first kappa shape index (κ1) is 22.4. The van der Waals surface area contributed by atoms with Crippen molar-refractivity contribution in [1.82, 2.24) is 25.8 Å². The Hall–Kier alpha value is -2.82. The summed E-state index contributed by atoms with van der Waals surface area (Å²) in [6.07, 6.45) is 11.3. The molecule has 174 valence electrons. The molecule has 0 aromatic carbocycles. The fraction of sp³-hybridized carbons (Fsp3) is 0.545. The molecular formula is C22H32N6O4. The van der Waals surface area contributed by atoms with Gasteiger partial charge < -0.3 is 24.8 Å². The third kappa shape index (κ3) is 5.14. The number of nitrogens with zero attached hydrogens (tertiary/aromatic N) is 3. The number of hydrogen-bond donors (Lipinski definition) is 3. The van der Waals surface area contributed by atoms with E-state index in [9.17, 15) is 9.59 Å². The number of carbonyl (C=O) groups excluding carboxylic acids is 2. The highest BCUT2D eigenvalue weighted by molar-refractivity contribution is 5.94. The molecule has 0 bridgehead atoms. The molecule has 4 rings (SSSR count). The van der Waals surface area contributed by atoms with Crippen LogP contribution in [-0.2, 0) is 20.8 Å². The maximum atomic E-state index is 13.0. The van der Waals surface area contributed by atoms with Gasteiger partial charge in [0.05, 0.1) is 6.61 Å². The van der Waals surface area contributed by atoms with Crippen LogP contribution in [0.3, 0.4) is 0 Å². The van der Waals surface area contributed by atoms with Crippen LogP contribution >= 0.6 is 0 Å². The van der Waals surface area contributed by atoms with Gasteiger partial charge in [-0.1, -0.05) is 0 Å². The molecule has 0 saturated carbocycles. The number of amides is 2. The molecule has 0 spiro atoms. The molecule has 4 heterocycles. The Bertz CT molecular complexity index is 861. The van der Waals surface area contributed by atoms with Crippen LogP contribution in [0.5, 0.6) is 0 Å². The number of allylic oxidation sites excluding steroid dienone is 1. The van der Waals surface area contributed by atoms with Crippen molar-refractivity contribution in [1.29, 1.82) is 0 Å². The Morgan fingerprint density at radius 2 is 2.09 bits per heavy atom. The SMILES string of the molecule is COCCON(C=O)NC1C=C(N2CCCc3cc(C(=O)N4CCCCC4)[nH]c32)C=CN1. The van der Waals surface area contributed by atoms with Crippen molar-refractivity contribution in [3.8, 4) is 0 Å². The van der Waals surface area contributed by atoms with Gasteiger partial charge in [0, 0.05) is 38.6 Å². The number of aromatic nitrogens is 1. The summed E-state index contributed by atoms with van der Waals surface area (Å²) in [6, 6.07) is 2.01. The monoisotopic (exact) mass is 444 g/mol. The fourth-order valence-electron chi connectivity index (χ4n) is 4.32. The smallest absolute Gasteiger partial charge is 0.270 e. The van der Waals surface area contributed by atoms with E-state index >= 15 is 0 Å². The molecule has 10 heteroatoms. The quantitative estimate of drug-likeness (QED) is 0.299. The Morgan fingerprint density at radius 1 is 1.25 bits per heavy atom. The average Bonchev–Trinajstić information content (AvgIpc) is 3.28. The molecule has 1 fully saturated rings. The van der Waals surface area contributed by atoms with E-state index < -0.39 is 0 Å². The number of H-pyrrole nitrogens is 1. The number of aryl methyl sites for hydroxylation is 1. The minimum absolute atomic E-state index is 0.0864. The van der Waals surface area contributed by atoms with E-state index in [-0.39, 0.29) is 18.7 Å². The zero-order chi connectivity index (χ0) is 22.3. The lowest BCUT2D eigenvalue weighted by Crippen LogP contribution is -2.50. The summed E-state index contributed by atoms with van der Waals surface area (Å²) in [5.74, 6) is 1.06. The molecule has 32 heavy (non-hydrogen) atoms. The molecule has 2 amide bonds. The van der Waals surface area contributed by atoms with Crippen LogP contribution in [0.15, 0.2) is 30.1 Å². The van der Waals surface area contributed by atoms with Crippen molar-refractivity contribution in [2.24, 2.45) is 0 Å². The van der Waals surface area contributed by atoms with Crippen molar-refractivity contribution >= 4 is 18.1 Å². The van der Waals surface area contributed by atoms with Crippen LogP contribution in [-0.4, -0.2) is 73.5 Å². The highest BCUT2D eigenvalue weighted by Gasteiger charge is 2.27. The van der Waals surface area contributed by atoms with Gasteiger partial charge in [-0.3, -0.25) is 14.4 Å². The highest BCUT2D eigenvalue weighted by Crippen LogP contribution is 2.31. The minimum atomic E-state index is -0.336. The van der Waals surface area contributed by atoms with Gasteiger partial charge >= 0.3 is 0 Å². The molecule has 0 radical (unpaired) electrons. The van der Waals surface area contributed by atoms with Crippen LogP contribution in [0.4, 0.5) is 5.82 Å². The Kier molecular flexibility index (Phi) is 7.46. The lowest BCUT2D eigenvalue weighted by molar-refractivity contribution is -0.199. The third-order valence-corrected chi connectivity index (χ3v) is 5.91. The van der Waals surface area contributed by atoms with Crippen molar-refractivity contribution < 1.29 is 19.2 Å². The molecule has 3 N–H and O–H groups in total. The molecule has 3 aliphatic heterocycles. The van der Waals surface area contributed by atoms with E-state index in [4.69, 9.17) is 9.57 Å². The van der Waals surface area contributed by atoms with E-state index in [1.54, 1.807) is 7.11 Å². The van der Waals surface area contributed by atoms with Crippen molar-refractivity contribution in [3.63, 3.8) is 0 Å². The summed E-state index contributed by atoms with van der Waals surface area (Å²) in [5.41, 5.74) is 5.77. The first-order chi connectivity index (χ1) is 15.7. The highest BCUT2D eigenvalue weighted by atomic mass is 16.7. The molecule has 1 saturated heterocycles. The first-order valence-corrected chi connectivity index (χ1v) is 11.3. The lowest BCUT2D eigenvalue weighted by Gasteiger charge is -2.33. The van der Waals surface area contributed by atoms with Gasteiger partial charge in [-0.2, -0.15) is 5.43 Å². The number of fused-ring (bicyclic) bond motifs is 1. The van der Waals surface area contributed by atoms with E-state index in [1.807, 2.05) is 29.3 Å². The van der Waals surface area contributed by atoms with E-state index in [2.05, 4.69) is 20.6 Å². The van der Waals surface area contributed by atoms with E-state index in [1.165, 1.54) is 6.42 Å². The summed E-state index contributed by atoms with van der Waals surface area (Å²) < 4.78 is 4.94. The maximum Gasteiger partial charge on any atom is 0.270 e. The van der Waals surface area contributed by atoms with Gasteiger partial charge in [0.25, 0.3) is 5.91 Å². The first-order valence-electron chi connectivity index (χ1n) is 11.3. The number of hydroxylamine groups is 1. The summed E-state index contributed by atoms with van der Waals surface area (Å²) >= 11 is 0. The number of aromatic amines is 1. The summed E-state index contributed by atoms with van der Waals surface area (Å²) in [6.45, 7) is 3.15. The molecule has 1 atom stereocenters. The molecular weight excluding hydrogens is 412 g/mol. The van der Waals surface area contributed by atoms with Gasteiger partial charge in [-0.05, 0) is 55.9 Å². The van der Waals surface area contributed by atoms with Gasteiger partial charge in [-0.15, -0.1) is 5.17 Å². The lowest BCUT2D eigenvalue weighted by atomic mass is 10.1. The minimum Gasteiger partial charge on any atom is -0.382 e. The second-order valence-corrected chi connectivity index (χ2v) is 8.12. The zero-order valence-corrected chi connectivity index (χ0v) is 18.5. The standard InChI is InChI=1S/C22H32N6O4/c1-31-12-13-32-28(16-29)25-20-15-18(7-8-23-20)27-11-5-6-17-14-19(24-21(17)27)22(30)26-9-3-2-4-10-26/h7-8,14-16,20,23-25H,2-6,9-13H2,1H3. The van der Waals surface area contributed by atoms with Crippen molar-refractivity contribution in [3.05, 3.63) is 41.4 Å². The second-order valence-electron chi connectivity index (χ2n) is 8.12. The van der Waals surface area contributed by atoms with Gasteiger partial charge in [-0.25, -0.2) is 0 Å². The average molecular weight is 445 g/mol. The number of hydrazine groups is 1. The number of hydrogen-bond acceptors (Lipinski definition) is 7. The molecule has 1 aromatic rings. The van der Waals surface area contributed by atoms with Gasteiger partial charge in [0.15, 0.2) is 0 Å². The van der Waals surface area contributed by atoms with Crippen molar-refractivity contribution in [2.75, 3.05) is 44.9 Å². The fourth-order valence-corrected chi connectivity index (χ4v) is 4.32. The Balaban J connectivity index is 1.47.